The first kappa shape index (κ1) is 15.9. The molecule has 2 aliphatic carbocycles. The van der Waals surface area contributed by atoms with Crippen LogP contribution in [0.2, 0.25) is 0 Å². The summed E-state index contributed by atoms with van der Waals surface area (Å²) in [5, 5.41) is 3.00. The predicted octanol–water partition coefficient (Wildman–Crippen LogP) is 3.51. The van der Waals surface area contributed by atoms with E-state index in [-0.39, 0.29) is 18.5 Å². The zero-order chi connectivity index (χ0) is 17.3. The van der Waals surface area contributed by atoms with Crippen molar-refractivity contribution in [3.8, 4) is 11.5 Å². The molecule has 2 fully saturated rings. The number of carbonyl (C=O) groups excluding carboxylic acids is 2. The van der Waals surface area contributed by atoms with Gasteiger partial charge in [-0.25, -0.2) is 0 Å². The third kappa shape index (κ3) is 1.65. The van der Waals surface area contributed by atoms with Gasteiger partial charge in [0.25, 0.3) is 0 Å². The van der Waals surface area contributed by atoms with Gasteiger partial charge in [-0.3, -0.25) is 9.59 Å². The molecule has 5 nitrogen and oxygen atoms in total. The molecule has 1 aliphatic heterocycles. The van der Waals surface area contributed by atoms with Crippen LogP contribution in [0.4, 0.5) is 5.69 Å². The SMILES string of the molecule is CC1(C)[C@]2(C(=O)Nc3ccc4c(c3)OCO4)CC[C@]1(C)C(=O)[C@H]2Br. The lowest BCUT2D eigenvalue weighted by molar-refractivity contribution is -0.130. The molecule has 6 heteroatoms. The second-order valence-corrected chi connectivity index (χ2v) is 8.59. The Hall–Kier alpha value is -1.56. The maximum atomic E-state index is 13.2. The average Bonchev–Trinajstić information content (AvgIpc) is 3.10. The number of ether oxygens (including phenoxy) is 2. The molecule has 1 aromatic rings. The molecule has 2 saturated carbocycles. The fraction of sp³-hybridized carbons (Fsp3) is 0.556. The average molecular weight is 394 g/mol. The Labute approximate surface area is 149 Å². The van der Waals surface area contributed by atoms with E-state index in [1.165, 1.54) is 0 Å². The number of amides is 1. The van der Waals surface area contributed by atoms with E-state index in [0.717, 1.165) is 6.42 Å². The number of alkyl halides is 1. The predicted molar refractivity (Wildman–Crippen MR) is 92.5 cm³/mol. The molecule has 0 radical (unpaired) electrons. The molecule has 1 aromatic carbocycles. The quantitative estimate of drug-likeness (QED) is 0.780. The molecule has 24 heavy (non-hydrogen) atoms. The van der Waals surface area contributed by atoms with Gasteiger partial charge < -0.3 is 14.8 Å². The maximum Gasteiger partial charge on any atom is 0.232 e. The zero-order valence-electron chi connectivity index (χ0n) is 13.9. The first-order valence-corrected chi connectivity index (χ1v) is 9.05. The number of rotatable bonds is 2. The lowest BCUT2D eigenvalue weighted by Gasteiger charge is -2.39. The van der Waals surface area contributed by atoms with E-state index in [2.05, 4.69) is 21.2 Å². The Morgan fingerprint density at radius 1 is 1.21 bits per heavy atom. The number of hydrogen-bond donors (Lipinski definition) is 1. The minimum atomic E-state index is -0.741. The van der Waals surface area contributed by atoms with Crippen molar-refractivity contribution in [3.63, 3.8) is 0 Å². The fourth-order valence-corrected chi connectivity index (χ4v) is 6.19. The first-order chi connectivity index (χ1) is 11.2. The summed E-state index contributed by atoms with van der Waals surface area (Å²) in [5.41, 5.74) is -0.962. The smallest absolute Gasteiger partial charge is 0.232 e. The van der Waals surface area contributed by atoms with Crippen molar-refractivity contribution in [2.24, 2.45) is 16.2 Å². The van der Waals surface area contributed by atoms with Gasteiger partial charge in [-0.1, -0.05) is 36.7 Å². The first-order valence-electron chi connectivity index (χ1n) is 8.13. The van der Waals surface area contributed by atoms with Gasteiger partial charge in [0, 0.05) is 17.2 Å². The summed E-state index contributed by atoms with van der Waals surface area (Å²) in [6.45, 7) is 6.27. The Balaban J connectivity index is 1.68. The highest BCUT2D eigenvalue weighted by molar-refractivity contribution is 9.10. The van der Waals surface area contributed by atoms with E-state index in [1.54, 1.807) is 18.2 Å². The number of carbonyl (C=O) groups is 2. The molecule has 2 bridgehead atoms. The lowest BCUT2D eigenvalue weighted by Crippen LogP contribution is -2.47. The molecule has 1 amide bonds. The minimum absolute atomic E-state index is 0.109. The van der Waals surface area contributed by atoms with Crippen molar-refractivity contribution in [1.82, 2.24) is 0 Å². The number of Topliss-reactive ketones (excluding diaryl/α,β-unsaturated/α-hetero) is 1. The van der Waals surface area contributed by atoms with Crippen LogP contribution in [-0.2, 0) is 9.59 Å². The van der Waals surface area contributed by atoms with Gasteiger partial charge >= 0.3 is 0 Å². The van der Waals surface area contributed by atoms with Crippen LogP contribution in [0.1, 0.15) is 33.6 Å². The van der Waals surface area contributed by atoms with Crippen molar-refractivity contribution in [2.45, 2.75) is 38.4 Å². The number of nitrogens with one attached hydrogen (secondary N) is 1. The molecule has 128 valence electrons. The molecule has 1 heterocycles. The molecule has 0 spiro atoms. The van der Waals surface area contributed by atoms with Crippen molar-refractivity contribution in [1.29, 1.82) is 0 Å². The van der Waals surface area contributed by atoms with E-state index in [0.29, 0.717) is 23.6 Å². The zero-order valence-corrected chi connectivity index (χ0v) is 15.5. The Bertz CT molecular complexity index is 761. The van der Waals surface area contributed by atoms with Crippen LogP contribution >= 0.6 is 15.9 Å². The topological polar surface area (TPSA) is 64.6 Å². The summed E-state index contributed by atoms with van der Waals surface area (Å²) in [5.74, 6) is 1.33. The van der Waals surface area contributed by atoms with Gasteiger partial charge in [0.1, 0.15) is 0 Å². The van der Waals surface area contributed by atoms with Crippen LogP contribution in [-0.4, -0.2) is 23.3 Å². The fourth-order valence-electron chi connectivity index (χ4n) is 4.67. The van der Waals surface area contributed by atoms with Crippen molar-refractivity contribution in [3.05, 3.63) is 18.2 Å². The lowest BCUT2D eigenvalue weighted by atomic mass is 9.64. The third-order valence-electron chi connectivity index (χ3n) is 6.76. The second-order valence-electron chi connectivity index (χ2n) is 7.68. The van der Waals surface area contributed by atoms with E-state index in [1.807, 2.05) is 20.8 Å². The van der Waals surface area contributed by atoms with Crippen LogP contribution in [0.5, 0.6) is 11.5 Å². The largest absolute Gasteiger partial charge is 0.454 e. The molecule has 0 aromatic heterocycles. The highest BCUT2D eigenvalue weighted by Gasteiger charge is 2.76. The summed E-state index contributed by atoms with van der Waals surface area (Å²) < 4.78 is 10.7. The second kappa shape index (κ2) is 4.75. The standard InChI is InChI=1S/C18H20BrNO4/c1-16(2)17(3)6-7-18(16,13(19)14(17)21)15(22)20-10-4-5-11-12(8-10)24-9-23-11/h4-5,8,13H,6-7,9H2,1-3H3,(H,20,22)/t13-,17-,18-/m1/s1. The molecule has 1 N–H and O–H groups in total. The Morgan fingerprint density at radius 2 is 1.92 bits per heavy atom. The van der Waals surface area contributed by atoms with Crippen molar-refractivity contribution >= 4 is 33.3 Å². The highest BCUT2D eigenvalue weighted by Crippen LogP contribution is 2.72. The van der Waals surface area contributed by atoms with Gasteiger partial charge in [0.15, 0.2) is 17.3 Å². The van der Waals surface area contributed by atoms with Gasteiger partial charge in [0.2, 0.25) is 12.7 Å². The van der Waals surface area contributed by atoms with Crippen LogP contribution in [0.15, 0.2) is 18.2 Å². The number of fused-ring (bicyclic) bond motifs is 3. The number of ketones is 1. The maximum absolute atomic E-state index is 13.2. The minimum Gasteiger partial charge on any atom is -0.454 e. The van der Waals surface area contributed by atoms with Gasteiger partial charge in [-0.15, -0.1) is 0 Å². The van der Waals surface area contributed by atoms with Gasteiger partial charge in [-0.05, 0) is 30.4 Å². The normalized spacial score (nSPS) is 35.3. The third-order valence-corrected chi connectivity index (χ3v) is 7.95. The summed E-state index contributed by atoms with van der Waals surface area (Å²) in [6.07, 6.45) is 1.45. The summed E-state index contributed by atoms with van der Waals surface area (Å²) in [4.78, 5) is 25.5. The van der Waals surface area contributed by atoms with E-state index >= 15 is 0 Å². The molecule has 0 saturated heterocycles. The Kier molecular flexibility index (Phi) is 3.15. The van der Waals surface area contributed by atoms with E-state index < -0.39 is 21.1 Å². The number of hydrogen-bond acceptors (Lipinski definition) is 4. The molecular formula is C18H20BrNO4. The summed E-state index contributed by atoms with van der Waals surface area (Å²) in [7, 11) is 0. The number of anilines is 1. The highest BCUT2D eigenvalue weighted by atomic mass is 79.9. The molecule has 0 unspecified atom stereocenters. The molecule has 3 atom stereocenters. The monoisotopic (exact) mass is 393 g/mol. The molecule has 3 aliphatic rings. The summed E-state index contributed by atoms with van der Waals surface area (Å²) in [6, 6.07) is 5.34. The molecular weight excluding hydrogens is 374 g/mol. The van der Waals surface area contributed by atoms with Crippen LogP contribution in [0.3, 0.4) is 0 Å². The van der Waals surface area contributed by atoms with Gasteiger partial charge in [0.05, 0.1) is 10.2 Å². The van der Waals surface area contributed by atoms with Crippen LogP contribution in [0, 0.1) is 16.2 Å². The van der Waals surface area contributed by atoms with Crippen molar-refractivity contribution < 1.29 is 19.1 Å². The van der Waals surface area contributed by atoms with Crippen molar-refractivity contribution in [2.75, 3.05) is 12.1 Å². The Morgan fingerprint density at radius 3 is 2.58 bits per heavy atom. The van der Waals surface area contributed by atoms with Gasteiger partial charge in [-0.2, -0.15) is 0 Å². The van der Waals surface area contributed by atoms with E-state index in [4.69, 9.17) is 9.47 Å². The number of halogens is 1. The number of benzene rings is 1. The molecule has 4 rings (SSSR count). The van der Waals surface area contributed by atoms with Crippen LogP contribution in [0.25, 0.3) is 0 Å². The van der Waals surface area contributed by atoms with Crippen LogP contribution < -0.4 is 14.8 Å². The summed E-state index contributed by atoms with van der Waals surface area (Å²) >= 11 is 3.54. The van der Waals surface area contributed by atoms with E-state index in [9.17, 15) is 9.59 Å².